The van der Waals surface area contributed by atoms with Crippen molar-refractivity contribution in [2.45, 2.75) is 32.9 Å². The molecule has 0 radical (unpaired) electrons. The molecule has 2 saturated heterocycles. The molecule has 2 N–H and O–H groups in total. The monoisotopic (exact) mass is 469 g/mol. The second kappa shape index (κ2) is 13.1. The lowest BCUT2D eigenvalue weighted by atomic mass is 10.2. The quantitative estimate of drug-likeness (QED) is 0.324. The fourth-order valence-electron chi connectivity index (χ4n) is 3.09. The van der Waals surface area contributed by atoms with E-state index in [0.29, 0.717) is 12.1 Å². The number of guanidine groups is 1. The lowest BCUT2D eigenvalue weighted by Crippen LogP contribution is -2.49. The highest BCUT2D eigenvalue weighted by Gasteiger charge is 2.18. The molecule has 7 nitrogen and oxygen atoms in total. The van der Waals surface area contributed by atoms with Crippen molar-refractivity contribution in [3.8, 4) is 0 Å². The molecule has 0 saturated carbocycles. The first-order valence-corrected chi connectivity index (χ1v) is 9.36. The Morgan fingerprint density at radius 1 is 0.920 bits per heavy atom. The Morgan fingerprint density at radius 3 is 1.96 bits per heavy atom. The van der Waals surface area contributed by atoms with E-state index in [-0.39, 0.29) is 24.0 Å². The van der Waals surface area contributed by atoms with Crippen LogP contribution in [0.15, 0.2) is 4.99 Å². The zero-order valence-corrected chi connectivity index (χ0v) is 18.3. The molecule has 8 heteroatoms. The second-order valence-electron chi connectivity index (χ2n) is 6.60. The van der Waals surface area contributed by atoms with Gasteiger partial charge in [0.2, 0.25) is 0 Å². The molecule has 0 aromatic rings. The summed E-state index contributed by atoms with van der Waals surface area (Å²) < 4.78 is 10.8. The number of halogens is 1. The number of ether oxygens (including phenoxy) is 2. The van der Waals surface area contributed by atoms with Crippen molar-refractivity contribution in [3.63, 3.8) is 0 Å². The van der Waals surface area contributed by atoms with Gasteiger partial charge in [-0.3, -0.25) is 14.8 Å². The average molecular weight is 469 g/mol. The largest absolute Gasteiger partial charge is 0.379 e. The minimum atomic E-state index is 0. The Hall–Kier alpha value is -0.160. The van der Waals surface area contributed by atoms with Crippen LogP contribution >= 0.6 is 24.0 Å². The summed E-state index contributed by atoms with van der Waals surface area (Å²) >= 11 is 0. The summed E-state index contributed by atoms with van der Waals surface area (Å²) in [5.41, 5.74) is 0. The zero-order chi connectivity index (χ0) is 17.2. The van der Waals surface area contributed by atoms with Gasteiger partial charge in [0.25, 0.3) is 0 Å². The van der Waals surface area contributed by atoms with Crippen LogP contribution in [0.4, 0.5) is 0 Å². The average Bonchev–Trinajstić information content (AvgIpc) is 2.65. The summed E-state index contributed by atoms with van der Waals surface area (Å²) in [5.74, 6) is 0.915. The minimum absolute atomic E-state index is 0. The van der Waals surface area contributed by atoms with E-state index in [2.05, 4.69) is 41.2 Å². The van der Waals surface area contributed by atoms with Gasteiger partial charge < -0.3 is 20.1 Å². The lowest BCUT2D eigenvalue weighted by molar-refractivity contribution is 0.0210. The number of morpholine rings is 2. The SMILES string of the molecule is CCNC(=NCC(C)N1CCOCC1)NCC(C)N1CCOCC1.I. The van der Waals surface area contributed by atoms with Gasteiger partial charge in [-0.1, -0.05) is 0 Å². The molecule has 2 atom stereocenters. The Balaban J connectivity index is 0.00000312. The number of aliphatic imine (C=N–C) groups is 1. The van der Waals surface area contributed by atoms with Crippen molar-refractivity contribution in [2.24, 2.45) is 4.99 Å². The van der Waals surface area contributed by atoms with Crippen molar-refractivity contribution in [1.82, 2.24) is 20.4 Å². The van der Waals surface area contributed by atoms with E-state index in [1.54, 1.807) is 0 Å². The predicted octanol–water partition coefficient (Wildman–Crippen LogP) is 0.601. The standard InChI is InChI=1S/C17H35N5O2.HI/c1-4-18-17(19-13-15(2)21-5-9-23-10-6-21)20-14-16(3)22-7-11-24-12-8-22;/h15-16H,4-14H2,1-3H3,(H2,18,19,20);1H. The summed E-state index contributed by atoms with van der Waals surface area (Å²) in [5, 5.41) is 6.84. The molecule has 0 spiro atoms. The van der Waals surface area contributed by atoms with Gasteiger partial charge in [-0.25, -0.2) is 0 Å². The van der Waals surface area contributed by atoms with E-state index in [4.69, 9.17) is 14.5 Å². The van der Waals surface area contributed by atoms with Crippen LogP contribution in [0.1, 0.15) is 20.8 Å². The van der Waals surface area contributed by atoms with Gasteiger partial charge in [0.05, 0.1) is 33.0 Å². The van der Waals surface area contributed by atoms with Gasteiger partial charge in [0, 0.05) is 51.4 Å². The molecule has 2 aliphatic heterocycles. The minimum Gasteiger partial charge on any atom is -0.379 e. The molecule has 2 aliphatic rings. The molecule has 0 aliphatic carbocycles. The van der Waals surface area contributed by atoms with Crippen molar-refractivity contribution in [1.29, 1.82) is 0 Å². The van der Waals surface area contributed by atoms with Crippen LogP contribution in [0.2, 0.25) is 0 Å². The third kappa shape index (κ3) is 8.38. The molecule has 0 aromatic carbocycles. The molecule has 2 unspecified atom stereocenters. The molecule has 2 fully saturated rings. The highest BCUT2D eigenvalue weighted by molar-refractivity contribution is 14.0. The fraction of sp³-hybridized carbons (Fsp3) is 0.941. The maximum atomic E-state index is 5.42. The molecule has 0 aromatic heterocycles. The van der Waals surface area contributed by atoms with Crippen LogP contribution in [0, 0.1) is 0 Å². The van der Waals surface area contributed by atoms with E-state index in [0.717, 1.165) is 78.2 Å². The zero-order valence-electron chi connectivity index (χ0n) is 16.0. The third-order valence-corrected chi connectivity index (χ3v) is 4.76. The molecule has 0 bridgehead atoms. The first-order chi connectivity index (χ1) is 11.7. The molecule has 0 amide bonds. The molecule has 148 valence electrons. The second-order valence-corrected chi connectivity index (χ2v) is 6.60. The van der Waals surface area contributed by atoms with Gasteiger partial charge in [0.1, 0.15) is 0 Å². The molecule has 2 heterocycles. The molecular weight excluding hydrogens is 433 g/mol. The highest BCUT2D eigenvalue weighted by Crippen LogP contribution is 2.04. The van der Waals surface area contributed by atoms with Gasteiger partial charge in [-0.05, 0) is 20.8 Å². The van der Waals surface area contributed by atoms with E-state index in [1.165, 1.54) is 0 Å². The first kappa shape index (κ1) is 22.9. The summed E-state index contributed by atoms with van der Waals surface area (Å²) in [4.78, 5) is 9.69. The third-order valence-electron chi connectivity index (χ3n) is 4.76. The van der Waals surface area contributed by atoms with Gasteiger partial charge in [-0.15, -0.1) is 24.0 Å². The van der Waals surface area contributed by atoms with Crippen molar-refractivity contribution < 1.29 is 9.47 Å². The smallest absolute Gasteiger partial charge is 0.191 e. The van der Waals surface area contributed by atoms with Gasteiger partial charge in [-0.2, -0.15) is 0 Å². The Kier molecular flexibility index (Phi) is 12.0. The van der Waals surface area contributed by atoms with Crippen LogP contribution in [0.5, 0.6) is 0 Å². The number of hydrogen-bond donors (Lipinski definition) is 2. The van der Waals surface area contributed by atoms with E-state index in [9.17, 15) is 0 Å². The fourth-order valence-corrected chi connectivity index (χ4v) is 3.09. The number of hydrogen-bond acceptors (Lipinski definition) is 5. The maximum Gasteiger partial charge on any atom is 0.191 e. The Labute approximate surface area is 169 Å². The molecular formula is C17H36IN5O2. The van der Waals surface area contributed by atoms with Gasteiger partial charge >= 0.3 is 0 Å². The van der Waals surface area contributed by atoms with Crippen molar-refractivity contribution in [2.75, 3.05) is 72.2 Å². The summed E-state index contributed by atoms with van der Waals surface area (Å²) in [6, 6.07) is 0.926. The normalized spacial score (nSPS) is 22.8. The van der Waals surface area contributed by atoms with Crippen LogP contribution in [-0.4, -0.2) is 100 Å². The van der Waals surface area contributed by atoms with Gasteiger partial charge in [0.15, 0.2) is 5.96 Å². The van der Waals surface area contributed by atoms with Crippen LogP contribution in [0.3, 0.4) is 0 Å². The Morgan fingerprint density at radius 2 is 1.44 bits per heavy atom. The summed E-state index contributed by atoms with van der Waals surface area (Å²) in [6.45, 7) is 16.6. The van der Waals surface area contributed by atoms with Crippen LogP contribution in [0.25, 0.3) is 0 Å². The lowest BCUT2D eigenvalue weighted by Gasteiger charge is -2.33. The number of rotatable bonds is 7. The number of nitrogens with zero attached hydrogens (tertiary/aromatic N) is 3. The first-order valence-electron chi connectivity index (χ1n) is 9.36. The summed E-state index contributed by atoms with van der Waals surface area (Å²) in [6.07, 6.45) is 0. The molecule has 25 heavy (non-hydrogen) atoms. The molecule has 2 rings (SSSR count). The van der Waals surface area contributed by atoms with E-state index in [1.807, 2.05) is 0 Å². The van der Waals surface area contributed by atoms with E-state index >= 15 is 0 Å². The van der Waals surface area contributed by atoms with Crippen molar-refractivity contribution >= 4 is 29.9 Å². The van der Waals surface area contributed by atoms with E-state index < -0.39 is 0 Å². The van der Waals surface area contributed by atoms with Crippen LogP contribution < -0.4 is 10.6 Å². The number of nitrogens with one attached hydrogen (secondary N) is 2. The van der Waals surface area contributed by atoms with Crippen LogP contribution in [-0.2, 0) is 9.47 Å². The Bertz CT molecular complexity index is 374. The summed E-state index contributed by atoms with van der Waals surface area (Å²) in [7, 11) is 0. The maximum absolute atomic E-state index is 5.42. The topological polar surface area (TPSA) is 61.4 Å². The predicted molar refractivity (Wildman–Crippen MR) is 113 cm³/mol. The highest BCUT2D eigenvalue weighted by atomic mass is 127. The van der Waals surface area contributed by atoms with Crippen molar-refractivity contribution in [3.05, 3.63) is 0 Å².